The van der Waals surface area contributed by atoms with Crippen molar-refractivity contribution in [2.75, 3.05) is 14.2 Å². The molecule has 0 unspecified atom stereocenters. The van der Waals surface area contributed by atoms with Crippen molar-refractivity contribution in [3.05, 3.63) is 30.7 Å². The molecule has 0 N–H and O–H groups in total. The highest BCUT2D eigenvalue weighted by atomic mass is 16.5. The maximum atomic E-state index is 5.45. The van der Waals surface area contributed by atoms with Crippen molar-refractivity contribution < 1.29 is 9.47 Å². The first-order chi connectivity index (χ1) is 10.3. The van der Waals surface area contributed by atoms with Gasteiger partial charge in [-0.3, -0.25) is 0 Å². The van der Waals surface area contributed by atoms with Gasteiger partial charge in [-0.1, -0.05) is 0 Å². The van der Waals surface area contributed by atoms with E-state index in [4.69, 9.17) is 9.47 Å². The van der Waals surface area contributed by atoms with Crippen molar-refractivity contribution in [2.24, 2.45) is 0 Å². The van der Waals surface area contributed by atoms with E-state index in [1.165, 1.54) is 0 Å². The van der Waals surface area contributed by atoms with Crippen LogP contribution in [-0.4, -0.2) is 34.9 Å². The monoisotopic (exact) mass is 287 g/mol. The zero-order chi connectivity index (χ0) is 14.7. The first-order valence-electron chi connectivity index (χ1n) is 7.38. The van der Waals surface area contributed by atoms with E-state index in [9.17, 15) is 0 Å². The molecule has 0 aliphatic heterocycles. The maximum absolute atomic E-state index is 5.45. The molecule has 0 bridgehead atoms. The smallest absolute Gasteiger partial charge is 0.213 e. The summed E-state index contributed by atoms with van der Waals surface area (Å²) >= 11 is 0. The van der Waals surface area contributed by atoms with Gasteiger partial charge in [0.05, 0.1) is 13.2 Å². The molecule has 1 aliphatic carbocycles. The van der Waals surface area contributed by atoms with Crippen LogP contribution in [0.5, 0.6) is 5.88 Å². The lowest BCUT2D eigenvalue weighted by molar-refractivity contribution is 0.0586. The minimum atomic E-state index is 0.411. The second-order valence-corrected chi connectivity index (χ2v) is 5.41. The van der Waals surface area contributed by atoms with Crippen LogP contribution in [0.4, 0.5) is 0 Å². The van der Waals surface area contributed by atoms with Gasteiger partial charge in [0.1, 0.15) is 5.82 Å². The van der Waals surface area contributed by atoms with Crippen molar-refractivity contribution >= 4 is 0 Å². The van der Waals surface area contributed by atoms with Crippen molar-refractivity contribution in [2.45, 2.75) is 37.8 Å². The first kappa shape index (κ1) is 14.1. The molecule has 0 atom stereocenters. The molecule has 1 fully saturated rings. The lowest BCUT2D eigenvalue weighted by Gasteiger charge is -2.29. The molecule has 1 saturated carbocycles. The molecule has 0 amide bonds. The van der Waals surface area contributed by atoms with E-state index in [1.807, 2.05) is 18.3 Å². The molecule has 0 radical (unpaired) electrons. The second-order valence-electron chi connectivity index (χ2n) is 5.41. The number of hydrogen-bond donors (Lipinski definition) is 0. The van der Waals surface area contributed by atoms with E-state index in [0.717, 1.165) is 37.1 Å². The van der Waals surface area contributed by atoms with E-state index in [-0.39, 0.29) is 0 Å². The predicted molar refractivity (Wildman–Crippen MR) is 80.3 cm³/mol. The van der Waals surface area contributed by atoms with E-state index in [1.54, 1.807) is 20.4 Å². The van der Waals surface area contributed by atoms with Crippen molar-refractivity contribution in [1.82, 2.24) is 14.5 Å². The first-order valence-corrected chi connectivity index (χ1v) is 7.38. The molecule has 2 heterocycles. The molecule has 0 spiro atoms. The highest BCUT2D eigenvalue weighted by molar-refractivity contribution is 5.56. The van der Waals surface area contributed by atoms with Gasteiger partial charge in [0.25, 0.3) is 0 Å². The van der Waals surface area contributed by atoms with Crippen molar-refractivity contribution in [3.63, 3.8) is 0 Å². The molecule has 0 saturated heterocycles. The van der Waals surface area contributed by atoms with E-state index in [2.05, 4.69) is 20.7 Å². The van der Waals surface area contributed by atoms with Crippen LogP contribution in [0.2, 0.25) is 0 Å². The van der Waals surface area contributed by atoms with Crippen LogP contribution >= 0.6 is 0 Å². The molecular formula is C16H21N3O2. The molecule has 21 heavy (non-hydrogen) atoms. The summed E-state index contributed by atoms with van der Waals surface area (Å²) in [6.45, 7) is 0. The van der Waals surface area contributed by atoms with Crippen molar-refractivity contribution in [3.8, 4) is 17.3 Å². The summed E-state index contributed by atoms with van der Waals surface area (Å²) in [6, 6.07) is 4.40. The summed E-state index contributed by atoms with van der Waals surface area (Å²) in [5, 5.41) is 0. The Labute approximate surface area is 124 Å². The predicted octanol–water partition coefficient (Wildman–Crippen LogP) is 3.08. The molecule has 5 nitrogen and oxygen atoms in total. The molecule has 2 aromatic rings. The Morgan fingerprint density at radius 1 is 1.10 bits per heavy atom. The lowest BCUT2D eigenvalue weighted by Crippen LogP contribution is -2.22. The highest BCUT2D eigenvalue weighted by Gasteiger charge is 2.23. The molecule has 3 rings (SSSR count). The molecule has 2 aromatic heterocycles. The largest absolute Gasteiger partial charge is 0.481 e. The third-order valence-corrected chi connectivity index (χ3v) is 4.24. The maximum Gasteiger partial charge on any atom is 0.213 e. The third-order valence-electron chi connectivity index (χ3n) is 4.24. The van der Waals surface area contributed by atoms with Gasteiger partial charge in [0.2, 0.25) is 5.88 Å². The quantitative estimate of drug-likeness (QED) is 0.867. The second kappa shape index (κ2) is 6.26. The Kier molecular flexibility index (Phi) is 4.20. The number of hydrogen-bond acceptors (Lipinski definition) is 4. The van der Waals surface area contributed by atoms with Gasteiger partial charge in [-0.05, 0) is 31.7 Å². The van der Waals surface area contributed by atoms with Gasteiger partial charge < -0.3 is 14.0 Å². The topological polar surface area (TPSA) is 49.2 Å². The molecular weight excluding hydrogens is 266 g/mol. The minimum Gasteiger partial charge on any atom is -0.481 e. The van der Waals surface area contributed by atoms with Crippen LogP contribution < -0.4 is 4.74 Å². The van der Waals surface area contributed by atoms with Crippen LogP contribution in [0.15, 0.2) is 30.7 Å². The van der Waals surface area contributed by atoms with Crippen molar-refractivity contribution in [1.29, 1.82) is 0 Å². The van der Waals surface area contributed by atoms with Crippen LogP contribution in [0.1, 0.15) is 31.7 Å². The van der Waals surface area contributed by atoms with Crippen LogP contribution in [0.3, 0.4) is 0 Å². The number of rotatable bonds is 4. The van der Waals surface area contributed by atoms with E-state index >= 15 is 0 Å². The number of imidazole rings is 1. The highest BCUT2D eigenvalue weighted by Crippen LogP contribution is 2.33. The number of ether oxygens (including phenoxy) is 2. The number of methoxy groups -OCH3 is 2. The number of aromatic nitrogens is 3. The van der Waals surface area contributed by atoms with Gasteiger partial charge in [0.15, 0.2) is 0 Å². The SMILES string of the molecule is COc1cc(-c2nccn2C2CCC(OC)CC2)ccn1. The zero-order valence-electron chi connectivity index (χ0n) is 12.5. The fourth-order valence-electron chi connectivity index (χ4n) is 3.05. The van der Waals surface area contributed by atoms with Gasteiger partial charge in [0, 0.05) is 43.4 Å². The molecule has 112 valence electrons. The van der Waals surface area contributed by atoms with Gasteiger partial charge in [-0.2, -0.15) is 0 Å². The van der Waals surface area contributed by atoms with Crippen LogP contribution in [-0.2, 0) is 4.74 Å². The number of nitrogens with zero attached hydrogens (tertiary/aromatic N) is 3. The van der Waals surface area contributed by atoms with Gasteiger partial charge >= 0.3 is 0 Å². The van der Waals surface area contributed by atoms with E-state index < -0.39 is 0 Å². The fourth-order valence-corrected chi connectivity index (χ4v) is 3.05. The lowest BCUT2D eigenvalue weighted by atomic mass is 9.92. The zero-order valence-corrected chi connectivity index (χ0v) is 12.5. The summed E-state index contributed by atoms with van der Waals surface area (Å²) in [4.78, 5) is 8.68. The van der Waals surface area contributed by atoms with Gasteiger partial charge in [-0.15, -0.1) is 0 Å². The summed E-state index contributed by atoms with van der Waals surface area (Å²) in [5.74, 6) is 1.60. The van der Waals surface area contributed by atoms with E-state index in [0.29, 0.717) is 18.0 Å². The Morgan fingerprint density at radius 2 is 1.90 bits per heavy atom. The normalized spacial score (nSPS) is 22.2. The molecule has 1 aliphatic rings. The minimum absolute atomic E-state index is 0.411. The molecule has 5 heteroatoms. The Balaban J connectivity index is 1.84. The molecule has 0 aromatic carbocycles. The van der Waals surface area contributed by atoms with Crippen LogP contribution in [0.25, 0.3) is 11.4 Å². The summed E-state index contributed by atoms with van der Waals surface area (Å²) in [6.07, 6.45) is 10.6. The average molecular weight is 287 g/mol. The Morgan fingerprint density at radius 3 is 2.62 bits per heavy atom. The van der Waals surface area contributed by atoms with Crippen LogP contribution in [0, 0.1) is 0 Å². The summed E-state index contributed by atoms with van der Waals surface area (Å²) < 4.78 is 12.9. The van der Waals surface area contributed by atoms with Gasteiger partial charge in [-0.25, -0.2) is 9.97 Å². The standard InChI is InChI=1S/C16H21N3O2/c1-20-14-5-3-13(4-6-14)19-10-9-18-16(19)12-7-8-17-15(11-12)21-2/h7-11,13-14H,3-6H2,1-2H3. The number of pyridine rings is 1. The Bertz CT molecular complexity index is 589. The fraction of sp³-hybridized carbons (Fsp3) is 0.500. The third kappa shape index (κ3) is 2.93. The summed E-state index contributed by atoms with van der Waals surface area (Å²) in [7, 11) is 3.43. The Hall–Kier alpha value is -1.88. The average Bonchev–Trinajstić information content (AvgIpc) is 3.04. The summed E-state index contributed by atoms with van der Waals surface area (Å²) in [5.41, 5.74) is 1.04.